The van der Waals surface area contributed by atoms with Gasteiger partial charge in [-0.05, 0) is 58.2 Å². The minimum atomic E-state index is -0.191. The Hall–Kier alpha value is -2.14. The van der Waals surface area contributed by atoms with E-state index in [2.05, 4.69) is 26.6 Å². The van der Waals surface area contributed by atoms with Gasteiger partial charge in [0.05, 0.1) is 12.1 Å². The number of carbonyl (C=O) groups is 2. The second kappa shape index (κ2) is 5.33. The van der Waals surface area contributed by atoms with Crippen LogP contribution in [0.2, 0.25) is 0 Å². The van der Waals surface area contributed by atoms with Crippen LogP contribution in [0.3, 0.4) is 0 Å². The van der Waals surface area contributed by atoms with E-state index in [9.17, 15) is 9.59 Å². The van der Waals surface area contributed by atoms with E-state index in [0.717, 1.165) is 27.0 Å². The number of anilines is 2. The van der Waals surface area contributed by atoms with Crippen LogP contribution >= 0.6 is 15.9 Å². The molecule has 0 radical (unpaired) electrons. The molecule has 0 saturated carbocycles. The Labute approximate surface area is 130 Å². The zero-order valence-corrected chi connectivity index (χ0v) is 13.0. The van der Waals surface area contributed by atoms with E-state index < -0.39 is 0 Å². The van der Waals surface area contributed by atoms with E-state index in [0.29, 0.717) is 12.0 Å². The average molecular weight is 345 g/mol. The molecule has 0 atom stereocenters. The maximum Gasteiger partial charge on any atom is 0.255 e. The molecule has 0 fully saturated rings. The maximum atomic E-state index is 12.3. The predicted molar refractivity (Wildman–Crippen MR) is 85.6 cm³/mol. The SMILES string of the molecule is Cc1cccc(NC(=O)c2ccc3c(c2)CC(=O)N3)c1Br. The molecule has 0 spiro atoms. The number of rotatable bonds is 2. The van der Waals surface area contributed by atoms with Gasteiger partial charge in [-0.2, -0.15) is 0 Å². The first-order valence-electron chi connectivity index (χ1n) is 6.54. The van der Waals surface area contributed by atoms with Crippen LogP contribution in [-0.4, -0.2) is 11.8 Å². The smallest absolute Gasteiger partial charge is 0.255 e. The number of hydrogen-bond donors (Lipinski definition) is 2. The van der Waals surface area contributed by atoms with Crippen LogP contribution in [0.15, 0.2) is 40.9 Å². The van der Waals surface area contributed by atoms with Gasteiger partial charge in [0.15, 0.2) is 0 Å². The van der Waals surface area contributed by atoms with Crippen molar-refractivity contribution in [1.82, 2.24) is 0 Å². The predicted octanol–water partition coefficient (Wildman–Crippen LogP) is 3.50. The van der Waals surface area contributed by atoms with Crippen molar-refractivity contribution in [3.8, 4) is 0 Å². The van der Waals surface area contributed by atoms with Crippen molar-refractivity contribution in [2.75, 3.05) is 10.6 Å². The van der Waals surface area contributed by atoms with Crippen molar-refractivity contribution >= 4 is 39.1 Å². The molecule has 2 aromatic rings. The third-order valence-corrected chi connectivity index (χ3v) is 4.49. The molecule has 1 heterocycles. The normalized spacial score (nSPS) is 12.8. The molecule has 1 aliphatic rings. The molecule has 3 rings (SSSR count). The summed E-state index contributed by atoms with van der Waals surface area (Å²) in [6.45, 7) is 1.96. The van der Waals surface area contributed by atoms with Gasteiger partial charge in [0.2, 0.25) is 5.91 Å². The fourth-order valence-corrected chi connectivity index (χ4v) is 2.67. The summed E-state index contributed by atoms with van der Waals surface area (Å²) in [6.07, 6.45) is 0.324. The molecular formula is C16H13BrN2O2. The van der Waals surface area contributed by atoms with E-state index in [-0.39, 0.29) is 11.8 Å². The molecule has 21 heavy (non-hydrogen) atoms. The first-order valence-corrected chi connectivity index (χ1v) is 7.33. The van der Waals surface area contributed by atoms with Gasteiger partial charge in [0.25, 0.3) is 5.91 Å². The summed E-state index contributed by atoms with van der Waals surface area (Å²) in [4.78, 5) is 23.7. The van der Waals surface area contributed by atoms with Crippen molar-refractivity contribution in [2.45, 2.75) is 13.3 Å². The minimum absolute atomic E-state index is 0.0380. The molecule has 5 heteroatoms. The quantitative estimate of drug-likeness (QED) is 0.875. The number of benzene rings is 2. The highest BCUT2D eigenvalue weighted by Gasteiger charge is 2.19. The van der Waals surface area contributed by atoms with Crippen molar-refractivity contribution in [1.29, 1.82) is 0 Å². The molecule has 0 saturated heterocycles. The summed E-state index contributed by atoms with van der Waals surface area (Å²) in [5, 5.41) is 5.63. The van der Waals surface area contributed by atoms with Gasteiger partial charge in [-0.1, -0.05) is 12.1 Å². The number of halogens is 1. The number of amides is 2. The molecule has 4 nitrogen and oxygen atoms in total. The van der Waals surface area contributed by atoms with Crippen molar-refractivity contribution in [3.63, 3.8) is 0 Å². The molecule has 0 aliphatic carbocycles. The third-order valence-electron chi connectivity index (χ3n) is 3.43. The van der Waals surface area contributed by atoms with Gasteiger partial charge in [0.1, 0.15) is 0 Å². The van der Waals surface area contributed by atoms with Gasteiger partial charge >= 0.3 is 0 Å². The van der Waals surface area contributed by atoms with E-state index in [4.69, 9.17) is 0 Å². The maximum absolute atomic E-state index is 12.3. The molecule has 2 N–H and O–H groups in total. The van der Waals surface area contributed by atoms with Gasteiger partial charge < -0.3 is 10.6 Å². The summed E-state index contributed by atoms with van der Waals surface area (Å²) in [7, 11) is 0. The van der Waals surface area contributed by atoms with Crippen LogP contribution in [0.4, 0.5) is 11.4 Å². The zero-order chi connectivity index (χ0) is 15.0. The molecule has 2 aromatic carbocycles. The van der Waals surface area contributed by atoms with Crippen LogP contribution in [0.25, 0.3) is 0 Å². The van der Waals surface area contributed by atoms with E-state index in [1.165, 1.54) is 0 Å². The topological polar surface area (TPSA) is 58.2 Å². The highest BCUT2D eigenvalue weighted by atomic mass is 79.9. The molecule has 0 bridgehead atoms. The molecule has 0 unspecified atom stereocenters. The molecule has 0 aromatic heterocycles. The van der Waals surface area contributed by atoms with Crippen molar-refractivity contribution < 1.29 is 9.59 Å². The summed E-state index contributed by atoms with van der Waals surface area (Å²) in [5.41, 5.74) is 3.97. The lowest BCUT2D eigenvalue weighted by Gasteiger charge is -2.10. The number of hydrogen-bond acceptors (Lipinski definition) is 2. The Bertz CT molecular complexity index is 756. The van der Waals surface area contributed by atoms with Gasteiger partial charge in [-0.3, -0.25) is 9.59 Å². The Morgan fingerprint density at radius 2 is 2.10 bits per heavy atom. The average Bonchev–Trinajstić information content (AvgIpc) is 2.82. The number of carbonyl (C=O) groups excluding carboxylic acids is 2. The molecule has 2 amide bonds. The van der Waals surface area contributed by atoms with E-state index >= 15 is 0 Å². The Morgan fingerprint density at radius 3 is 2.90 bits per heavy atom. The van der Waals surface area contributed by atoms with Crippen LogP contribution in [0.1, 0.15) is 21.5 Å². The lowest BCUT2D eigenvalue weighted by Crippen LogP contribution is -2.12. The lowest BCUT2D eigenvalue weighted by atomic mass is 10.1. The number of nitrogens with one attached hydrogen (secondary N) is 2. The van der Waals surface area contributed by atoms with Gasteiger partial charge in [-0.15, -0.1) is 0 Å². The van der Waals surface area contributed by atoms with E-state index in [1.807, 2.05) is 25.1 Å². The van der Waals surface area contributed by atoms with Crippen LogP contribution < -0.4 is 10.6 Å². The number of fused-ring (bicyclic) bond motifs is 1. The standard InChI is InChI=1S/C16H13BrN2O2/c1-9-3-2-4-13(15(9)17)19-16(21)10-5-6-12-11(7-10)8-14(20)18-12/h2-7H,8H2,1H3,(H,18,20)(H,19,21). The van der Waals surface area contributed by atoms with Crippen LogP contribution in [0, 0.1) is 6.92 Å². The van der Waals surface area contributed by atoms with Crippen molar-refractivity contribution in [3.05, 3.63) is 57.6 Å². The highest BCUT2D eigenvalue weighted by Crippen LogP contribution is 2.27. The first-order chi connectivity index (χ1) is 10.0. The number of aryl methyl sites for hydroxylation is 1. The minimum Gasteiger partial charge on any atom is -0.326 e. The second-order valence-corrected chi connectivity index (χ2v) is 5.78. The zero-order valence-electron chi connectivity index (χ0n) is 11.4. The monoisotopic (exact) mass is 344 g/mol. The second-order valence-electron chi connectivity index (χ2n) is 4.99. The van der Waals surface area contributed by atoms with Gasteiger partial charge in [0, 0.05) is 15.7 Å². The summed E-state index contributed by atoms with van der Waals surface area (Å²) >= 11 is 3.47. The third kappa shape index (κ3) is 2.69. The Morgan fingerprint density at radius 1 is 1.29 bits per heavy atom. The van der Waals surface area contributed by atoms with Crippen molar-refractivity contribution in [2.24, 2.45) is 0 Å². The van der Waals surface area contributed by atoms with E-state index in [1.54, 1.807) is 18.2 Å². The highest BCUT2D eigenvalue weighted by molar-refractivity contribution is 9.10. The largest absolute Gasteiger partial charge is 0.326 e. The fourth-order valence-electron chi connectivity index (χ4n) is 2.31. The fraction of sp³-hybridized carbons (Fsp3) is 0.125. The Balaban J connectivity index is 1.85. The summed E-state index contributed by atoms with van der Waals surface area (Å²) in [5.74, 6) is -0.229. The lowest BCUT2D eigenvalue weighted by molar-refractivity contribution is -0.115. The summed E-state index contributed by atoms with van der Waals surface area (Å²) < 4.78 is 0.872. The van der Waals surface area contributed by atoms with Crippen LogP contribution in [0.5, 0.6) is 0 Å². The summed E-state index contributed by atoms with van der Waals surface area (Å²) in [6, 6.07) is 10.9. The first kappa shape index (κ1) is 13.8. The van der Waals surface area contributed by atoms with Gasteiger partial charge in [-0.25, -0.2) is 0 Å². The Kier molecular flexibility index (Phi) is 3.51. The molecular weight excluding hydrogens is 332 g/mol. The van der Waals surface area contributed by atoms with Crippen LogP contribution in [-0.2, 0) is 11.2 Å². The molecule has 106 valence electrons. The molecule has 1 aliphatic heterocycles.